The fourth-order valence-corrected chi connectivity index (χ4v) is 0.510. The average Bonchev–Trinajstić information content (AvgIpc) is 1.68. The SMILES string of the molecule is CCCC(=S)OC.[Na]. The largest absolute Gasteiger partial charge is 0.490 e. The molecular formula is C5H10NaOS. The molecule has 0 aliphatic heterocycles. The molecule has 0 bridgehead atoms. The van der Waals surface area contributed by atoms with E-state index < -0.39 is 0 Å². The third-order valence-electron chi connectivity index (χ3n) is 0.682. The molecule has 1 radical (unpaired) electrons. The van der Waals surface area contributed by atoms with Gasteiger partial charge in [0.25, 0.3) is 0 Å². The normalized spacial score (nSPS) is 7.25. The molecule has 0 rings (SSSR count). The van der Waals surface area contributed by atoms with E-state index in [2.05, 4.69) is 6.92 Å². The molecule has 0 heterocycles. The van der Waals surface area contributed by atoms with Gasteiger partial charge in [-0.3, -0.25) is 0 Å². The molecule has 0 aliphatic rings. The molecule has 0 saturated heterocycles. The van der Waals surface area contributed by atoms with Crippen LogP contribution in [0, 0.1) is 0 Å². The minimum absolute atomic E-state index is 0. The first-order valence-corrected chi connectivity index (χ1v) is 2.79. The summed E-state index contributed by atoms with van der Waals surface area (Å²) in [5.74, 6) is 0. The van der Waals surface area contributed by atoms with Crippen LogP contribution in [0.5, 0.6) is 0 Å². The molecule has 0 N–H and O–H groups in total. The smallest absolute Gasteiger partial charge is 0.159 e. The zero-order chi connectivity index (χ0) is 5.70. The first kappa shape index (κ1) is 11.7. The van der Waals surface area contributed by atoms with Crippen molar-refractivity contribution in [3.8, 4) is 0 Å². The van der Waals surface area contributed by atoms with Crippen LogP contribution in [0.15, 0.2) is 0 Å². The second-order valence-corrected chi connectivity index (χ2v) is 1.78. The van der Waals surface area contributed by atoms with Gasteiger partial charge in [0.05, 0.1) is 7.11 Å². The molecule has 43 valence electrons. The van der Waals surface area contributed by atoms with Crippen LogP contribution in [-0.4, -0.2) is 41.7 Å². The van der Waals surface area contributed by atoms with Crippen molar-refractivity contribution >= 4 is 46.8 Å². The fraction of sp³-hybridized carbons (Fsp3) is 0.800. The molecule has 3 heteroatoms. The predicted octanol–water partition coefficient (Wildman–Crippen LogP) is 1.38. The first-order valence-electron chi connectivity index (χ1n) is 2.38. The Bertz CT molecular complexity index is 65.4. The number of hydrogen-bond donors (Lipinski definition) is 0. The Morgan fingerprint density at radius 1 is 1.62 bits per heavy atom. The fourth-order valence-electron chi connectivity index (χ4n) is 0.306. The van der Waals surface area contributed by atoms with Crippen LogP contribution in [0.25, 0.3) is 0 Å². The van der Waals surface area contributed by atoms with Gasteiger partial charge in [-0.05, 0) is 18.6 Å². The molecule has 0 unspecified atom stereocenters. The molecule has 0 amide bonds. The summed E-state index contributed by atoms with van der Waals surface area (Å²) in [5.41, 5.74) is 0. The molecule has 1 nitrogen and oxygen atoms in total. The summed E-state index contributed by atoms with van der Waals surface area (Å²) in [7, 11) is 1.61. The summed E-state index contributed by atoms with van der Waals surface area (Å²) < 4.78 is 4.72. The minimum atomic E-state index is 0. The zero-order valence-corrected chi connectivity index (χ0v) is 8.55. The van der Waals surface area contributed by atoms with Gasteiger partial charge in [-0.1, -0.05) is 6.92 Å². The van der Waals surface area contributed by atoms with E-state index in [1.165, 1.54) is 0 Å². The first-order chi connectivity index (χ1) is 3.31. The molecule has 0 spiro atoms. The van der Waals surface area contributed by atoms with Crippen LogP contribution in [0.2, 0.25) is 0 Å². The molecule has 0 fully saturated rings. The average molecular weight is 141 g/mol. The van der Waals surface area contributed by atoms with Crippen molar-refractivity contribution in [1.29, 1.82) is 0 Å². The van der Waals surface area contributed by atoms with Gasteiger partial charge in [0.2, 0.25) is 0 Å². The standard InChI is InChI=1S/C5H10OS.Na/c1-3-4-5(7)6-2;/h3-4H2,1-2H3;. The van der Waals surface area contributed by atoms with Crippen molar-refractivity contribution in [2.75, 3.05) is 7.11 Å². The van der Waals surface area contributed by atoms with Gasteiger partial charge in [-0.25, -0.2) is 0 Å². The summed E-state index contributed by atoms with van der Waals surface area (Å²) in [6.45, 7) is 2.07. The Morgan fingerprint density at radius 2 is 2.12 bits per heavy atom. The molecule has 0 aliphatic carbocycles. The van der Waals surface area contributed by atoms with Crippen LogP contribution in [0.1, 0.15) is 19.8 Å². The monoisotopic (exact) mass is 141 g/mol. The van der Waals surface area contributed by atoms with Crippen LogP contribution in [0.3, 0.4) is 0 Å². The summed E-state index contributed by atoms with van der Waals surface area (Å²) in [6, 6.07) is 0. The number of thiocarbonyl (C=S) groups is 1. The number of methoxy groups -OCH3 is 1. The Balaban J connectivity index is 0. The van der Waals surface area contributed by atoms with Crippen molar-refractivity contribution in [3.63, 3.8) is 0 Å². The Hall–Kier alpha value is 0.890. The van der Waals surface area contributed by atoms with Gasteiger partial charge in [0.1, 0.15) is 0 Å². The van der Waals surface area contributed by atoms with E-state index in [9.17, 15) is 0 Å². The third kappa shape index (κ3) is 6.89. The summed E-state index contributed by atoms with van der Waals surface area (Å²) in [5, 5.41) is 0.711. The summed E-state index contributed by atoms with van der Waals surface area (Å²) >= 11 is 4.73. The quantitative estimate of drug-likeness (QED) is 0.424. The number of ether oxygens (including phenoxy) is 1. The van der Waals surface area contributed by atoms with E-state index in [0.29, 0.717) is 5.05 Å². The Morgan fingerprint density at radius 3 is 2.25 bits per heavy atom. The predicted molar refractivity (Wildman–Crippen MR) is 40.3 cm³/mol. The van der Waals surface area contributed by atoms with Gasteiger partial charge in [-0.15, -0.1) is 0 Å². The van der Waals surface area contributed by atoms with Crippen molar-refractivity contribution in [3.05, 3.63) is 0 Å². The van der Waals surface area contributed by atoms with Crippen molar-refractivity contribution < 1.29 is 4.74 Å². The summed E-state index contributed by atoms with van der Waals surface area (Å²) in [4.78, 5) is 0. The Labute approximate surface area is 78.1 Å². The molecule has 0 atom stereocenters. The van der Waals surface area contributed by atoms with Crippen LogP contribution >= 0.6 is 12.2 Å². The van der Waals surface area contributed by atoms with E-state index in [1.54, 1.807) is 7.11 Å². The molecule has 0 aromatic carbocycles. The minimum Gasteiger partial charge on any atom is -0.490 e. The number of hydrogen-bond acceptors (Lipinski definition) is 2. The van der Waals surface area contributed by atoms with Crippen molar-refractivity contribution in [1.82, 2.24) is 0 Å². The molecule has 0 aromatic rings. The molecule has 0 aromatic heterocycles. The molecular weight excluding hydrogens is 131 g/mol. The second-order valence-electron chi connectivity index (χ2n) is 1.33. The van der Waals surface area contributed by atoms with E-state index in [-0.39, 0.29) is 29.6 Å². The maximum Gasteiger partial charge on any atom is 0.159 e. The van der Waals surface area contributed by atoms with E-state index in [0.717, 1.165) is 12.8 Å². The maximum atomic E-state index is 4.73. The third-order valence-corrected chi connectivity index (χ3v) is 1.05. The van der Waals surface area contributed by atoms with Gasteiger partial charge >= 0.3 is 0 Å². The van der Waals surface area contributed by atoms with E-state index in [4.69, 9.17) is 17.0 Å². The molecule has 0 saturated carbocycles. The molecule has 8 heavy (non-hydrogen) atoms. The Kier molecular flexibility index (Phi) is 11.5. The summed E-state index contributed by atoms with van der Waals surface area (Å²) in [6.07, 6.45) is 1.98. The van der Waals surface area contributed by atoms with Crippen LogP contribution in [0.4, 0.5) is 0 Å². The zero-order valence-electron chi connectivity index (χ0n) is 5.73. The van der Waals surface area contributed by atoms with E-state index in [1.807, 2.05) is 0 Å². The van der Waals surface area contributed by atoms with E-state index >= 15 is 0 Å². The van der Waals surface area contributed by atoms with Crippen molar-refractivity contribution in [2.45, 2.75) is 19.8 Å². The van der Waals surface area contributed by atoms with Gasteiger partial charge in [0.15, 0.2) is 5.05 Å². The maximum absolute atomic E-state index is 4.73. The van der Waals surface area contributed by atoms with Gasteiger partial charge in [-0.2, -0.15) is 0 Å². The van der Waals surface area contributed by atoms with Gasteiger partial charge in [0, 0.05) is 36.0 Å². The van der Waals surface area contributed by atoms with Gasteiger partial charge < -0.3 is 4.74 Å². The van der Waals surface area contributed by atoms with Crippen LogP contribution < -0.4 is 0 Å². The second kappa shape index (κ2) is 7.89. The van der Waals surface area contributed by atoms with Crippen molar-refractivity contribution in [2.24, 2.45) is 0 Å². The number of rotatable bonds is 2. The van der Waals surface area contributed by atoms with Crippen LogP contribution in [-0.2, 0) is 4.74 Å². The topological polar surface area (TPSA) is 9.23 Å².